The average Bonchev–Trinajstić information content (AvgIpc) is 2.64. The number of unbranched alkanes of at least 4 members (excludes halogenated alkanes) is 2. The topological polar surface area (TPSA) is 75.3 Å². The van der Waals surface area contributed by atoms with Gasteiger partial charge in [0.05, 0.1) is 4.90 Å². The molecule has 2 aromatic rings. The summed E-state index contributed by atoms with van der Waals surface area (Å²) in [5.74, 6) is -0.229. The minimum Gasteiger partial charge on any atom is -0.348 e. The molecule has 2 N–H and O–H groups in total. The summed E-state index contributed by atoms with van der Waals surface area (Å²) in [6, 6.07) is 13.8. The van der Waals surface area contributed by atoms with Crippen LogP contribution >= 0.6 is 0 Å². The Morgan fingerprint density at radius 1 is 1.00 bits per heavy atom. The second-order valence-corrected chi connectivity index (χ2v) is 8.01. The van der Waals surface area contributed by atoms with E-state index < -0.39 is 10.0 Å². The maximum Gasteiger partial charge on any atom is 0.251 e. The first-order chi connectivity index (χ1) is 12.4. The molecule has 0 spiro atoms. The number of carbonyl (C=O) groups excluding carboxylic acids is 1. The molecular formula is C20H26N2O3S. The van der Waals surface area contributed by atoms with Crippen LogP contribution in [0.1, 0.15) is 47.7 Å². The summed E-state index contributed by atoms with van der Waals surface area (Å²) in [4.78, 5) is 12.4. The lowest BCUT2D eigenvalue weighted by Crippen LogP contribution is -2.25. The van der Waals surface area contributed by atoms with E-state index in [1.807, 2.05) is 31.2 Å². The van der Waals surface area contributed by atoms with Gasteiger partial charge in [-0.1, -0.05) is 44.0 Å². The predicted molar refractivity (Wildman–Crippen MR) is 104 cm³/mol. The van der Waals surface area contributed by atoms with Crippen LogP contribution in [0.25, 0.3) is 0 Å². The highest BCUT2D eigenvalue weighted by molar-refractivity contribution is 7.89. The van der Waals surface area contributed by atoms with Crippen molar-refractivity contribution in [2.24, 2.45) is 0 Å². The lowest BCUT2D eigenvalue weighted by Gasteiger charge is -2.09. The van der Waals surface area contributed by atoms with Crippen LogP contribution in [0.15, 0.2) is 53.4 Å². The molecule has 1 amide bonds. The van der Waals surface area contributed by atoms with Gasteiger partial charge in [-0.15, -0.1) is 0 Å². The van der Waals surface area contributed by atoms with Crippen molar-refractivity contribution in [3.63, 3.8) is 0 Å². The molecule has 0 saturated carbocycles. The Morgan fingerprint density at radius 2 is 1.69 bits per heavy atom. The highest BCUT2D eigenvalue weighted by atomic mass is 32.2. The highest BCUT2D eigenvalue weighted by Crippen LogP contribution is 2.12. The molecule has 0 aliphatic rings. The number of rotatable bonds is 9. The van der Waals surface area contributed by atoms with E-state index in [1.165, 1.54) is 24.3 Å². The molecule has 6 heteroatoms. The lowest BCUT2D eigenvalue weighted by molar-refractivity contribution is 0.0951. The van der Waals surface area contributed by atoms with Gasteiger partial charge in [0.2, 0.25) is 10.0 Å². The third-order valence-corrected chi connectivity index (χ3v) is 5.68. The minimum atomic E-state index is -3.53. The number of carbonyl (C=O) groups is 1. The van der Waals surface area contributed by atoms with Gasteiger partial charge in [0, 0.05) is 18.7 Å². The molecule has 140 valence electrons. The number of sulfonamides is 1. The molecule has 0 bridgehead atoms. The van der Waals surface area contributed by atoms with Crippen molar-refractivity contribution >= 4 is 15.9 Å². The van der Waals surface area contributed by atoms with Crippen LogP contribution in [-0.4, -0.2) is 20.9 Å². The van der Waals surface area contributed by atoms with E-state index in [0.29, 0.717) is 18.7 Å². The average molecular weight is 375 g/mol. The van der Waals surface area contributed by atoms with Gasteiger partial charge in [0.15, 0.2) is 0 Å². The molecule has 26 heavy (non-hydrogen) atoms. The van der Waals surface area contributed by atoms with Gasteiger partial charge < -0.3 is 5.32 Å². The smallest absolute Gasteiger partial charge is 0.251 e. The molecule has 0 atom stereocenters. The van der Waals surface area contributed by atoms with Crippen LogP contribution in [0.2, 0.25) is 0 Å². The molecule has 0 aromatic heterocycles. The normalized spacial score (nSPS) is 11.3. The third kappa shape index (κ3) is 5.68. The number of benzene rings is 2. The van der Waals surface area contributed by atoms with Crippen LogP contribution in [0, 0.1) is 6.92 Å². The fourth-order valence-electron chi connectivity index (χ4n) is 2.54. The number of aryl methyl sites for hydroxylation is 1. The Morgan fingerprint density at radius 3 is 2.35 bits per heavy atom. The van der Waals surface area contributed by atoms with Gasteiger partial charge in [-0.25, -0.2) is 13.1 Å². The molecule has 0 aliphatic carbocycles. The lowest BCUT2D eigenvalue weighted by atomic mass is 10.1. The Kier molecular flexibility index (Phi) is 7.36. The molecule has 0 saturated heterocycles. The molecule has 0 radical (unpaired) electrons. The van der Waals surface area contributed by atoms with E-state index in [9.17, 15) is 13.2 Å². The first-order valence-electron chi connectivity index (χ1n) is 8.86. The van der Waals surface area contributed by atoms with E-state index in [2.05, 4.69) is 17.0 Å². The second kappa shape index (κ2) is 9.50. The molecular weight excluding hydrogens is 348 g/mol. The summed E-state index contributed by atoms with van der Waals surface area (Å²) in [6.45, 7) is 4.92. The van der Waals surface area contributed by atoms with E-state index in [-0.39, 0.29) is 10.8 Å². The SMILES string of the molecule is CCCCCNS(=O)(=O)c1ccc(C(=O)NCc2ccccc2C)cc1. The van der Waals surface area contributed by atoms with Crippen LogP contribution < -0.4 is 10.0 Å². The molecule has 0 unspecified atom stereocenters. The first kappa shape index (κ1) is 20.1. The monoisotopic (exact) mass is 374 g/mol. The van der Waals surface area contributed by atoms with Crippen LogP contribution in [-0.2, 0) is 16.6 Å². The zero-order valence-electron chi connectivity index (χ0n) is 15.3. The van der Waals surface area contributed by atoms with Gasteiger partial charge in [0.1, 0.15) is 0 Å². The largest absolute Gasteiger partial charge is 0.348 e. The number of hydrogen-bond acceptors (Lipinski definition) is 3. The highest BCUT2D eigenvalue weighted by Gasteiger charge is 2.14. The van der Waals surface area contributed by atoms with Crippen molar-refractivity contribution in [1.29, 1.82) is 0 Å². The quantitative estimate of drug-likeness (QED) is 0.661. The van der Waals surface area contributed by atoms with Crippen LogP contribution in [0.3, 0.4) is 0 Å². The Labute approximate surface area is 155 Å². The van der Waals surface area contributed by atoms with E-state index in [0.717, 1.165) is 30.4 Å². The van der Waals surface area contributed by atoms with E-state index in [1.54, 1.807) is 0 Å². The van der Waals surface area contributed by atoms with Crippen molar-refractivity contribution in [2.75, 3.05) is 6.54 Å². The third-order valence-electron chi connectivity index (χ3n) is 4.20. The van der Waals surface area contributed by atoms with E-state index >= 15 is 0 Å². The minimum absolute atomic E-state index is 0.171. The fraction of sp³-hybridized carbons (Fsp3) is 0.350. The molecule has 0 heterocycles. The standard InChI is InChI=1S/C20H26N2O3S/c1-3-4-7-14-22-26(24,25)19-12-10-17(11-13-19)20(23)21-15-18-9-6-5-8-16(18)2/h5-6,8-13,22H,3-4,7,14-15H2,1-2H3,(H,21,23). The van der Waals surface area contributed by atoms with Gasteiger partial charge in [-0.05, 0) is 48.7 Å². The molecule has 5 nitrogen and oxygen atoms in total. The Bertz CT molecular complexity index is 830. The maximum atomic E-state index is 12.3. The number of amides is 1. The van der Waals surface area contributed by atoms with Gasteiger partial charge in [0.25, 0.3) is 5.91 Å². The molecule has 2 aromatic carbocycles. The van der Waals surface area contributed by atoms with E-state index in [4.69, 9.17) is 0 Å². The van der Waals surface area contributed by atoms with Crippen molar-refractivity contribution in [3.8, 4) is 0 Å². The van der Waals surface area contributed by atoms with Gasteiger partial charge in [-0.3, -0.25) is 4.79 Å². The summed E-state index contributed by atoms with van der Waals surface area (Å²) in [7, 11) is -3.53. The van der Waals surface area contributed by atoms with Gasteiger partial charge >= 0.3 is 0 Å². The van der Waals surface area contributed by atoms with Crippen molar-refractivity contribution in [1.82, 2.24) is 10.0 Å². The summed E-state index contributed by atoms with van der Waals surface area (Å²) in [5.41, 5.74) is 2.60. The zero-order chi connectivity index (χ0) is 19.0. The van der Waals surface area contributed by atoms with Crippen LogP contribution in [0.5, 0.6) is 0 Å². The second-order valence-electron chi connectivity index (χ2n) is 6.24. The summed E-state index contributed by atoms with van der Waals surface area (Å²) < 4.78 is 27.0. The number of hydrogen-bond donors (Lipinski definition) is 2. The molecule has 0 aliphatic heterocycles. The summed E-state index contributed by atoms with van der Waals surface area (Å²) in [6.07, 6.45) is 2.84. The molecule has 0 fully saturated rings. The van der Waals surface area contributed by atoms with Crippen molar-refractivity contribution < 1.29 is 13.2 Å². The Hall–Kier alpha value is -2.18. The van der Waals surface area contributed by atoms with Crippen molar-refractivity contribution in [3.05, 3.63) is 65.2 Å². The number of nitrogens with one attached hydrogen (secondary N) is 2. The van der Waals surface area contributed by atoms with Crippen LogP contribution in [0.4, 0.5) is 0 Å². The van der Waals surface area contributed by atoms with Crippen molar-refractivity contribution in [2.45, 2.75) is 44.6 Å². The Balaban J connectivity index is 1.95. The fourth-order valence-corrected chi connectivity index (χ4v) is 3.61. The molecule has 2 rings (SSSR count). The zero-order valence-corrected chi connectivity index (χ0v) is 16.1. The summed E-state index contributed by atoms with van der Waals surface area (Å²) >= 11 is 0. The maximum absolute atomic E-state index is 12.3. The summed E-state index contributed by atoms with van der Waals surface area (Å²) in [5, 5.41) is 2.86. The predicted octanol–water partition coefficient (Wildman–Crippen LogP) is 3.39. The van der Waals surface area contributed by atoms with Gasteiger partial charge in [-0.2, -0.15) is 0 Å². The first-order valence-corrected chi connectivity index (χ1v) is 10.3.